The number of hydrogen-bond acceptors (Lipinski definition) is 4. The van der Waals surface area contributed by atoms with Crippen LogP contribution in [0.5, 0.6) is 5.75 Å². The Labute approximate surface area is 150 Å². The highest BCUT2D eigenvalue weighted by atomic mass is 35.5. The molecule has 0 aliphatic rings. The minimum atomic E-state index is -0.212. The number of halogens is 1. The molecule has 0 spiro atoms. The van der Waals surface area contributed by atoms with Gasteiger partial charge >= 0.3 is 0 Å². The first-order valence-corrected chi connectivity index (χ1v) is 8.09. The van der Waals surface area contributed by atoms with Gasteiger partial charge in [0.25, 0.3) is 5.91 Å². The van der Waals surface area contributed by atoms with E-state index < -0.39 is 0 Å². The third-order valence-corrected chi connectivity index (χ3v) is 3.74. The van der Waals surface area contributed by atoms with E-state index in [1.807, 2.05) is 24.3 Å². The van der Waals surface area contributed by atoms with Crippen LogP contribution in [0.2, 0.25) is 5.02 Å². The summed E-state index contributed by atoms with van der Waals surface area (Å²) >= 11 is 5.81. The summed E-state index contributed by atoms with van der Waals surface area (Å²) in [6.07, 6.45) is 5.18. The molecule has 0 aliphatic heterocycles. The van der Waals surface area contributed by atoms with E-state index in [1.54, 1.807) is 42.9 Å². The Balaban J connectivity index is 1.58. The van der Waals surface area contributed by atoms with Crippen LogP contribution in [0.1, 0.15) is 5.56 Å². The molecule has 1 amide bonds. The fraction of sp³-hybridized carbons (Fsp3) is 0.105. The average Bonchev–Trinajstić information content (AvgIpc) is 2.67. The summed E-state index contributed by atoms with van der Waals surface area (Å²) < 4.78 is 5.43. The Kier molecular flexibility index (Phi) is 5.59. The van der Waals surface area contributed by atoms with Gasteiger partial charge in [0, 0.05) is 35.7 Å². The van der Waals surface area contributed by atoms with Crippen LogP contribution in [0, 0.1) is 0 Å². The third kappa shape index (κ3) is 4.78. The third-order valence-electron chi connectivity index (χ3n) is 3.49. The van der Waals surface area contributed by atoms with Crippen LogP contribution in [-0.2, 0) is 11.3 Å². The Morgan fingerprint density at radius 3 is 2.64 bits per heavy atom. The van der Waals surface area contributed by atoms with Crippen molar-refractivity contribution in [3.05, 3.63) is 77.7 Å². The van der Waals surface area contributed by atoms with E-state index in [9.17, 15) is 4.79 Å². The number of rotatable bonds is 6. The quantitative estimate of drug-likeness (QED) is 0.736. The summed E-state index contributed by atoms with van der Waals surface area (Å²) in [6.45, 7) is 0.297. The van der Waals surface area contributed by atoms with Crippen LogP contribution in [-0.4, -0.2) is 22.5 Å². The van der Waals surface area contributed by atoms with Crippen molar-refractivity contribution in [2.45, 2.75) is 6.54 Å². The fourth-order valence-corrected chi connectivity index (χ4v) is 2.39. The molecule has 1 aromatic carbocycles. The van der Waals surface area contributed by atoms with E-state index in [0.29, 0.717) is 17.3 Å². The number of amides is 1. The highest BCUT2D eigenvalue weighted by Crippen LogP contribution is 2.19. The normalized spacial score (nSPS) is 10.3. The van der Waals surface area contributed by atoms with Crippen molar-refractivity contribution in [3.63, 3.8) is 0 Å². The second kappa shape index (κ2) is 8.26. The molecule has 3 aromatic rings. The van der Waals surface area contributed by atoms with Crippen molar-refractivity contribution >= 4 is 17.5 Å². The Morgan fingerprint density at radius 2 is 1.88 bits per heavy atom. The van der Waals surface area contributed by atoms with E-state index >= 15 is 0 Å². The molecule has 5 nitrogen and oxygen atoms in total. The zero-order valence-corrected chi connectivity index (χ0v) is 14.1. The summed E-state index contributed by atoms with van der Waals surface area (Å²) in [5.41, 5.74) is 2.62. The standard InChI is InChI=1S/C19H16ClN3O2/c20-16-5-7-17(8-6-16)25-13-18(24)23-12-15-4-2-10-22-19(15)14-3-1-9-21-11-14/h1-11H,12-13H2,(H,23,24). The van der Waals surface area contributed by atoms with E-state index in [0.717, 1.165) is 16.8 Å². The summed E-state index contributed by atoms with van der Waals surface area (Å²) in [5, 5.41) is 3.46. The lowest BCUT2D eigenvalue weighted by atomic mass is 10.1. The molecule has 0 fully saturated rings. The molecule has 6 heteroatoms. The number of nitrogens with zero attached hydrogens (tertiary/aromatic N) is 2. The van der Waals surface area contributed by atoms with E-state index in [-0.39, 0.29) is 12.5 Å². The van der Waals surface area contributed by atoms with Gasteiger partial charge in [0.1, 0.15) is 5.75 Å². The molecule has 3 rings (SSSR count). The summed E-state index contributed by atoms with van der Waals surface area (Å²) in [4.78, 5) is 20.5. The summed E-state index contributed by atoms with van der Waals surface area (Å²) in [6, 6.07) is 14.4. The van der Waals surface area contributed by atoms with Crippen molar-refractivity contribution in [3.8, 4) is 17.0 Å². The van der Waals surface area contributed by atoms with Gasteiger partial charge in [-0.25, -0.2) is 0 Å². The lowest BCUT2D eigenvalue weighted by Gasteiger charge is -2.10. The molecular weight excluding hydrogens is 338 g/mol. The molecule has 0 radical (unpaired) electrons. The SMILES string of the molecule is O=C(COc1ccc(Cl)cc1)NCc1cccnc1-c1cccnc1. The minimum absolute atomic E-state index is 0.0654. The Morgan fingerprint density at radius 1 is 1.08 bits per heavy atom. The maximum Gasteiger partial charge on any atom is 0.258 e. The van der Waals surface area contributed by atoms with Gasteiger partial charge in [-0.15, -0.1) is 0 Å². The number of ether oxygens (including phenoxy) is 1. The van der Waals surface area contributed by atoms with Gasteiger partial charge in [-0.05, 0) is 48.0 Å². The molecule has 25 heavy (non-hydrogen) atoms. The zero-order valence-electron chi connectivity index (χ0n) is 13.4. The van der Waals surface area contributed by atoms with Gasteiger partial charge in [-0.2, -0.15) is 0 Å². The van der Waals surface area contributed by atoms with Gasteiger partial charge in [0.05, 0.1) is 5.69 Å². The van der Waals surface area contributed by atoms with Crippen LogP contribution in [0.4, 0.5) is 0 Å². The number of carbonyl (C=O) groups is 1. The second-order valence-corrected chi connectivity index (χ2v) is 5.71. The first-order valence-electron chi connectivity index (χ1n) is 7.72. The van der Waals surface area contributed by atoms with Crippen LogP contribution in [0.3, 0.4) is 0 Å². The number of pyridine rings is 2. The maximum absolute atomic E-state index is 12.0. The second-order valence-electron chi connectivity index (χ2n) is 5.27. The molecule has 2 aromatic heterocycles. The van der Waals surface area contributed by atoms with Crippen molar-refractivity contribution in [1.82, 2.24) is 15.3 Å². The molecule has 0 bridgehead atoms. The smallest absolute Gasteiger partial charge is 0.258 e. The zero-order chi connectivity index (χ0) is 17.5. The monoisotopic (exact) mass is 353 g/mol. The first kappa shape index (κ1) is 16.9. The van der Waals surface area contributed by atoms with Crippen LogP contribution in [0.15, 0.2) is 67.1 Å². The number of hydrogen-bond donors (Lipinski definition) is 1. The number of nitrogens with one attached hydrogen (secondary N) is 1. The van der Waals surface area contributed by atoms with Gasteiger partial charge in [-0.3, -0.25) is 14.8 Å². The van der Waals surface area contributed by atoms with Crippen LogP contribution >= 0.6 is 11.6 Å². The van der Waals surface area contributed by atoms with Crippen molar-refractivity contribution in [2.75, 3.05) is 6.61 Å². The van der Waals surface area contributed by atoms with Crippen molar-refractivity contribution < 1.29 is 9.53 Å². The highest BCUT2D eigenvalue weighted by Gasteiger charge is 2.08. The summed E-state index contributed by atoms with van der Waals surface area (Å²) in [7, 11) is 0. The summed E-state index contributed by atoms with van der Waals surface area (Å²) in [5.74, 6) is 0.382. The molecule has 0 unspecified atom stereocenters. The largest absolute Gasteiger partial charge is 0.484 e. The molecule has 0 atom stereocenters. The predicted molar refractivity (Wildman–Crippen MR) is 96.3 cm³/mol. The van der Waals surface area contributed by atoms with E-state index in [4.69, 9.17) is 16.3 Å². The lowest BCUT2D eigenvalue weighted by Crippen LogP contribution is -2.28. The fourth-order valence-electron chi connectivity index (χ4n) is 2.27. The molecular formula is C19H16ClN3O2. The molecule has 2 heterocycles. The van der Waals surface area contributed by atoms with Gasteiger partial charge in [0.2, 0.25) is 0 Å². The molecule has 1 N–H and O–H groups in total. The van der Waals surface area contributed by atoms with E-state index in [2.05, 4.69) is 15.3 Å². The Hall–Kier alpha value is -2.92. The molecule has 0 saturated heterocycles. The van der Waals surface area contributed by atoms with Gasteiger partial charge in [0.15, 0.2) is 6.61 Å². The molecule has 0 saturated carbocycles. The maximum atomic E-state index is 12.0. The predicted octanol–water partition coefficient (Wildman–Crippen LogP) is 3.49. The van der Waals surface area contributed by atoms with Crippen LogP contribution in [0.25, 0.3) is 11.3 Å². The molecule has 0 aliphatic carbocycles. The number of benzene rings is 1. The van der Waals surface area contributed by atoms with Gasteiger partial charge in [-0.1, -0.05) is 17.7 Å². The van der Waals surface area contributed by atoms with Crippen molar-refractivity contribution in [2.24, 2.45) is 0 Å². The highest BCUT2D eigenvalue weighted by molar-refractivity contribution is 6.30. The average molecular weight is 354 g/mol. The molecule has 126 valence electrons. The van der Waals surface area contributed by atoms with E-state index in [1.165, 1.54) is 0 Å². The number of aromatic nitrogens is 2. The van der Waals surface area contributed by atoms with Gasteiger partial charge < -0.3 is 10.1 Å². The van der Waals surface area contributed by atoms with Crippen molar-refractivity contribution in [1.29, 1.82) is 0 Å². The topological polar surface area (TPSA) is 64.1 Å². The first-order chi connectivity index (χ1) is 12.2. The van der Waals surface area contributed by atoms with Crippen LogP contribution < -0.4 is 10.1 Å². The minimum Gasteiger partial charge on any atom is -0.484 e. The number of carbonyl (C=O) groups excluding carboxylic acids is 1. The Bertz CT molecular complexity index is 839. The lowest BCUT2D eigenvalue weighted by molar-refractivity contribution is -0.123.